The fourth-order valence-corrected chi connectivity index (χ4v) is 2.88. The molecule has 0 heterocycles. The molecule has 21 heavy (non-hydrogen) atoms. The van der Waals surface area contributed by atoms with E-state index in [4.69, 9.17) is 0 Å². The highest BCUT2D eigenvalue weighted by Gasteiger charge is 2.22. The molecule has 1 aromatic rings. The molecule has 2 atom stereocenters. The Balaban J connectivity index is 2.02. The molecule has 1 aromatic carbocycles. The topological polar surface area (TPSA) is 84.3 Å². The van der Waals surface area contributed by atoms with Crippen LogP contribution in [0.2, 0.25) is 0 Å². The predicted molar refractivity (Wildman–Crippen MR) is 81.5 cm³/mol. The summed E-state index contributed by atoms with van der Waals surface area (Å²) in [5.74, 6) is 0.999. The van der Waals surface area contributed by atoms with Gasteiger partial charge in [-0.15, -0.1) is 0 Å². The molecule has 1 amide bonds. The number of nitro groups is 1. The van der Waals surface area contributed by atoms with Crippen molar-refractivity contribution in [2.24, 2.45) is 11.8 Å². The van der Waals surface area contributed by atoms with E-state index >= 15 is 0 Å². The first-order valence-electron chi connectivity index (χ1n) is 7.25. The number of nitrogens with one attached hydrogen (secondary N) is 2. The van der Waals surface area contributed by atoms with Gasteiger partial charge in [-0.3, -0.25) is 14.9 Å². The maximum Gasteiger partial charge on any atom is 0.293 e. The zero-order chi connectivity index (χ0) is 15.4. The van der Waals surface area contributed by atoms with E-state index in [2.05, 4.69) is 17.6 Å². The van der Waals surface area contributed by atoms with Gasteiger partial charge in [0.15, 0.2) is 0 Å². The molecule has 0 saturated heterocycles. The van der Waals surface area contributed by atoms with Crippen molar-refractivity contribution < 1.29 is 9.72 Å². The molecule has 1 aliphatic carbocycles. The number of nitrogens with zero attached hydrogens (tertiary/aromatic N) is 1. The van der Waals surface area contributed by atoms with Crippen molar-refractivity contribution in [3.63, 3.8) is 0 Å². The van der Waals surface area contributed by atoms with E-state index in [-0.39, 0.29) is 11.6 Å². The van der Waals surface area contributed by atoms with Crippen LogP contribution in [0, 0.1) is 22.0 Å². The van der Waals surface area contributed by atoms with Crippen molar-refractivity contribution in [2.45, 2.75) is 26.2 Å². The van der Waals surface area contributed by atoms with Gasteiger partial charge >= 0.3 is 0 Å². The van der Waals surface area contributed by atoms with E-state index in [1.807, 2.05) is 0 Å². The number of carbonyl (C=O) groups is 1. The highest BCUT2D eigenvalue weighted by atomic mass is 16.6. The number of carbonyl (C=O) groups excluding carboxylic acids is 1. The van der Waals surface area contributed by atoms with Gasteiger partial charge in [-0.05, 0) is 36.8 Å². The van der Waals surface area contributed by atoms with E-state index in [0.717, 1.165) is 18.8 Å². The zero-order valence-corrected chi connectivity index (χ0v) is 12.4. The molecule has 114 valence electrons. The molecule has 0 aromatic heterocycles. The summed E-state index contributed by atoms with van der Waals surface area (Å²) >= 11 is 0. The van der Waals surface area contributed by atoms with Crippen LogP contribution in [0.3, 0.4) is 0 Å². The first-order chi connectivity index (χ1) is 10.0. The summed E-state index contributed by atoms with van der Waals surface area (Å²) in [6, 6.07) is 4.48. The van der Waals surface area contributed by atoms with Crippen LogP contribution in [0.25, 0.3) is 0 Å². The Bertz CT molecular complexity index is 545. The van der Waals surface area contributed by atoms with Crippen molar-refractivity contribution in [3.05, 3.63) is 33.9 Å². The normalized spacial score (nSPS) is 21.0. The number of nitro benzene ring substituents is 1. The number of amides is 1. The molecule has 2 N–H and O–H groups in total. The third kappa shape index (κ3) is 3.71. The molecule has 2 unspecified atom stereocenters. The summed E-state index contributed by atoms with van der Waals surface area (Å²) in [5.41, 5.74) is 0.646. The molecule has 1 aliphatic rings. The highest BCUT2D eigenvalue weighted by molar-refractivity contribution is 5.95. The predicted octanol–water partition coefficient (Wildman–Crippen LogP) is 2.80. The van der Waals surface area contributed by atoms with Gasteiger partial charge in [0.2, 0.25) is 0 Å². The molecule has 0 spiro atoms. The van der Waals surface area contributed by atoms with Crippen molar-refractivity contribution >= 4 is 17.3 Å². The van der Waals surface area contributed by atoms with E-state index < -0.39 is 4.92 Å². The van der Waals surface area contributed by atoms with Gasteiger partial charge < -0.3 is 10.6 Å². The molecule has 0 aliphatic heterocycles. The second kappa shape index (κ2) is 6.56. The van der Waals surface area contributed by atoms with Crippen molar-refractivity contribution in [2.75, 3.05) is 18.9 Å². The number of hydrogen-bond acceptors (Lipinski definition) is 4. The molecular weight excluding hydrogens is 270 g/mol. The average Bonchev–Trinajstić information content (AvgIpc) is 2.89. The maximum atomic E-state index is 12.1. The highest BCUT2D eigenvalue weighted by Crippen LogP contribution is 2.30. The standard InChI is InChI=1S/C15H21N3O3/c1-10-3-4-11(7-10)9-17-15(19)12-5-6-13(16-2)14(8-12)18(20)21/h5-6,8,10-11,16H,3-4,7,9H2,1-2H3,(H,17,19). The van der Waals surface area contributed by atoms with Crippen LogP contribution in [0.5, 0.6) is 0 Å². The lowest BCUT2D eigenvalue weighted by Gasteiger charge is -2.11. The second-order valence-electron chi connectivity index (χ2n) is 5.73. The molecule has 0 bridgehead atoms. The van der Waals surface area contributed by atoms with E-state index in [1.165, 1.54) is 12.5 Å². The van der Waals surface area contributed by atoms with Gasteiger partial charge in [-0.25, -0.2) is 0 Å². The minimum absolute atomic E-state index is 0.0837. The van der Waals surface area contributed by atoms with Crippen molar-refractivity contribution in [3.8, 4) is 0 Å². The number of anilines is 1. The fourth-order valence-electron chi connectivity index (χ4n) is 2.88. The van der Waals surface area contributed by atoms with Crippen molar-refractivity contribution in [1.82, 2.24) is 5.32 Å². The third-order valence-electron chi connectivity index (χ3n) is 4.08. The van der Waals surface area contributed by atoms with Crippen LogP contribution in [-0.2, 0) is 0 Å². The van der Waals surface area contributed by atoms with Gasteiger partial charge in [0, 0.05) is 25.2 Å². The van der Waals surface area contributed by atoms with Crippen LogP contribution in [0.1, 0.15) is 36.5 Å². The summed E-state index contributed by atoms with van der Waals surface area (Å²) in [4.78, 5) is 22.6. The second-order valence-corrected chi connectivity index (χ2v) is 5.73. The zero-order valence-electron chi connectivity index (χ0n) is 12.4. The summed E-state index contributed by atoms with van der Waals surface area (Å²) in [5, 5.41) is 16.6. The number of benzene rings is 1. The summed E-state index contributed by atoms with van der Waals surface area (Å²) in [6.07, 6.45) is 3.49. The Hall–Kier alpha value is -2.11. The average molecular weight is 291 g/mol. The first-order valence-corrected chi connectivity index (χ1v) is 7.25. The number of hydrogen-bond donors (Lipinski definition) is 2. The Labute approximate surface area is 124 Å². The summed E-state index contributed by atoms with van der Waals surface area (Å²) < 4.78 is 0. The minimum atomic E-state index is -0.485. The van der Waals surface area contributed by atoms with Gasteiger partial charge in [-0.2, -0.15) is 0 Å². The first kappa shape index (κ1) is 15.3. The Kier molecular flexibility index (Phi) is 4.77. The monoisotopic (exact) mass is 291 g/mol. The lowest BCUT2D eigenvalue weighted by Crippen LogP contribution is -2.28. The van der Waals surface area contributed by atoms with Crippen LogP contribution < -0.4 is 10.6 Å². The lowest BCUT2D eigenvalue weighted by molar-refractivity contribution is -0.384. The molecule has 6 nitrogen and oxygen atoms in total. The minimum Gasteiger partial charge on any atom is -0.383 e. The van der Waals surface area contributed by atoms with Crippen LogP contribution in [0.15, 0.2) is 18.2 Å². The van der Waals surface area contributed by atoms with Crippen LogP contribution in [-0.4, -0.2) is 24.4 Å². The van der Waals surface area contributed by atoms with E-state index in [1.54, 1.807) is 19.2 Å². The van der Waals surface area contributed by atoms with Crippen LogP contribution in [0.4, 0.5) is 11.4 Å². The SMILES string of the molecule is CNc1ccc(C(=O)NCC2CCC(C)C2)cc1[N+](=O)[O-]. The Morgan fingerprint density at radius 1 is 1.43 bits per heavy atom. The van der Waals surface area contributed by atoms with Gasteiger partial charge in [0.05, 0.1) is 4.92 Å². The lowest BCUT2D eigenvalue weighted by atomic mass is 10.1. The van der Waals surface area contributed by atoms with Gasteiger partial charge in [0.1, 0.15) is 5.69 Å². The van der Waals surface area contributed by atoms with Crippen molar-refractivity contribution in [1.29, 1.82) is 0 Å². The Morgan fingerprint density at radius 2 is 2.19 bits per heavy atom. The maximum absolute atomic E-state index is 12.1. The fraction of sp³-hybridized carbons (Fsp3) is 0.533. The third-order valence-corrected chi connectivity index (χ3v) is 4.08. The van der Waals surface area contributed by atoms with Gasteiger partial charge in [-0.1, -0.05) is 13.3 Å². The summed E-state index contributed by atoms with van der Waals surface area (Å²) in [7, 11) is 1.61. The number of rotatable bonds is 5. The molecule has 2 rings (SSSR count). The van der Waals surface area contributed by atoms with Crippen LogP contribution >= 0.6 is 0 Å². The molecular formula is C15H21N3O3. The van der Waals surface area contributed by atoms with E-state index in [0.29, 0.717) is 23.7 Å². The molecule has 1 saturated carbocycles. The molecule has 6 heteroatoms. The smallest absolute Gasteiger partial charge is 0.293 e. The Morgan fingerprint density at radius 3 is 2.76 bits per heavy atom. The summed E-state index contributed by atoms with van der Waals surface area (Å²) in [6.45, 7) is 2.87. The largest absolute Gasteiger partial charge is 0.383 e. The molecule has 0 radical (unpaired) electrons. The quantitative estimate of drug-likeness (QED) is 0.645. The molecule has 1 fully saturated rings. The van der Waals surface area contributed by atoms with E-state index in [9.17, 15) is 14.9 Å². The van der Waals surface area contributed by atoms with Gasteiger partial charge in [0.25, 0.3) is 11.6 Å².